The van der Waals surface area contributed by atoms with Crippen molar-refractivity contribution in [3.8, 4) is 0 Å². The summed E-state index contributed by atoms with van der Waals surface area (Å²) < 4.78 is 23.6. The van der Waals surface area contributed by atoms with Crippen molar-refractivity contribution < 1.29 is 18.4 Å². The summed E-state index contributed by atoms with van der Waals surface area (Å²) in [5.74, 6) is -0.289. The highest BCUT2D eigenvalue weighted by Crippen LogP contribution is 2.30. The standard InChI is InChI=1S/C15H18Cl2N2O4S/c1-9(2)14(19(21)8-20)15(24(22)23)18-4-3-10-5-12(16)13(17)6-11(10)7-18/h5-6,8-9,14,21H,3-4,7H2,1-2H3. The average Bonchev–Trinajstić information content (AvgIpc) is 2.52. The van der Waals surface area contributed by atoms with Crippen LogP contribution in [0, 0.1) is 5.92 Å². The molecule has 1 heterocycles. The van der Waals surface area contributed by atoms with E-state index in [0.29, 0.717) is 34.6 Å². The normalized spacial score (nSPS) is 15.8. The molecule has 1 N–H and O–H groups in total. The molecule has 1 atom stereocenters. The number of amides is 1. The lowest BCUT2D eigenvalue weighted by Gasteiger charge is -2.35. The minimum atomic E-state index is -2.59. The topological polar surface area (TPSA) is 77.9 Å². The van der Waals surface area contributed by atoms with E-state index < -0.39 is 16.3 Å². The van der Waals surface area contributed by atoms with Gasteiger partial charge in [0.1, 0.15) is 11.0 Å². The lowest BCUT2D eigenvalue weighted by molar-refractivity contribution is -0.157. The van der Waals surface area contributed by atoms with Crippen LogP contribution in [0.25, 0.3) is 0 Å². The van der Waals surface area contributed by atoms with Crippen LogP contribution in [0.3, 0.4) is 0 Å². The van der Waals surface area contributed by atoms with Gasteiger partial charge in [0.2, 0.25) is 16.7 Å². The first-order chi connectivity index (χ1) is 11.3. The van der Waals surface area contributed by atoms with Gasteiger partial charge in [-0.3, -0.25) is 14.9 Å². The van der Waals surface area contributed by atoms with Crippen molar-refractivity contribution in [1.29, 1.82) is 0 Å². The molecule has 6 nitrogen and oxygen atoms in total. The Balaban J connectivity index is 2.42. The number of fused-ring (bicyclic) bond motifs is 1. The highest BCUT2D eigenvalue weighted by Gasteiger charge is 2.33. The summed E-state index contributed by atoms with van der Waals surface area (Å²) in [5.41, 5.74) is 1.88. The fraction of sp³-hybridized carbons (Fsp3) is 0.467. The molecule has 0 bridgehead atoms. The van der Waals surface area contributed by atoms with E-state index in [1.54, 1.807) is 30.9 Å². The van der Waals surface area contributed by atoms with Crippen LogP contribution in [0.15, 0.2) is 12.1 Å². The molecular weight excluding hydrogens is 375 g/mol. The predicted octanol–water partition coefficient (Wildman–Crippen LogP) is 2.23. The van der Waals surface area contributed by atoms with Gasteiger partial charge >= 0.3 is 0 Å². The fourth-order valence-electron chi connectivity index (χ4n) is 2.90. The zero-order valence-corrected chi connectivity index (χ0v) is 15.6. The number of rotatable bonds is 4. The van der Waals surface area contributed by atoms with Crippen LogP contribution >= 0.6 is 23.2 Å². The summed E-state index contributed by atoms with van der Waals surface area (Å²) >= 11 is 12.1. The Kier molecular flexibility index (Phi) is 6.28. The number of carbonyl (C=O) groups is 1. The van der Waals surface area contributed by atoms with Crippen LogP contribution in [0.1, 0.15) is 25.0 Å². The van der Waals surface area contributed by atoms with E-state index in [-0.39, 0.29) is 17.3 Å². The zero-order valence-electron chi connectivity index (χ0n) is 13.2. The monoisotopic (exact) mass is 392 g/mol. The van der Waals surface area contributed by atoms with E-state index in [0.717, 1.165) is 11.1 Å². The minimum absolute atomic E-state index is 0.0173. The van der Waals surface area contributed by atoms with Crippen LogP contribution in [-0.2, 0) is 28.1 Å². The second-order valence-corrected chi connectivity index (χ2v) is 7.66. The van der Waals surface area contributed by atoms with Crippen LogP contribution in [-0.4, -0.2) is 47.6 Å². The van der Waals surface area contributed by atoms with Gasteiger partial charge in [-0.05, 0) is 35.6 Å². The number of nitrogens with zero attached hydrogens (tertiary/aromatic N) is 2. The molecule has 2 rings (SSSR count). The first-order valence-electron chi connectivity index (χ1n) is 7.36. The van der Waals surface area contributed by atoms with Crippen molar-refractivity contribution in [3.63, 3.8) is 0 Å². The van der Waals surface area contributed by atoms with Gasteiger partial charge in [-0.2, -0.15) is 8.42 Å². The summed E-state index contributed by atoms with van der Waals surface area (Å²) in [6.07, 6.45) is 0.802. The van der Waals surface area contributed by atoms with Crippen molar-refractivity contribution in [2.75, 3.05) is 6.54 Å². The van der Waals surface area contributed by atoms with Crippen molar-refractivity contribution in [1.82, 2.24) is 9.96 Å². The smallest absolute Gasteiger partial charge is 0.233 e. The first-order valence-corrected chi connectivity index (χ1v) is 9.19. The van der Waals surface area contributed by atoms with Gasteiger partial charge in [-0.25, -0.2) is 5.06 Å². The number of hydroxylamine groups is 2. The Hall–Kier alpha value is -1.12. The maximum Gasteiger partial charge on any atom is 0.233 e. The van der Waals surface area contributed by atoms with Gasteiger partial charge in [0.25, 0.3) is 0 Å². The maximum absolute atomic E-state index is 11.8. The molecule has 1 unspecified atom stereocenters. The minimum Gasteiger partial charge on any atom is -0.285 e. The third-order valence-corrected chi connectivity index (χ3v) is 5.58. The van der Waals surface area contributed by atoms with Crippen LogP contribution in [0.2, 0.25) is 10.0 Å². The summed E-state index contributed by atoms with van der Waals surface area (Å²) in [6, 6.07) is 2.55. The number of halogens is 2. The molecule has 0 radical (unpaired) electrons. The highest BCUT2D eigenvalue weighted by atomic mass is 35.5. The van der Waals surface area contributed by atoms with Gasteiger partial charge in [-0.1, -0.05) is 37.0 Å². The molecule has 1 aromatic carbocycles. The molecule has 0 aliphatic carbocycles. The van der Waals surface area contributed by atoms with Crippen molar-refractivity contribution in [3.05, 3.63) is 33.3 Å². The maximum atomic E-state index is 11.8. The number of benzene rings is 1. The van der Waals surface area contributed by atoms with E-state index in [2.05, 4.69) is 0 Å². The van der Waals surface area contributed by atoms with Crippen LogP contribution in [0.4, 0.5) is 0 Å². The zero-order chi connectivity index (χ0) is 18.0. The lowest BCUT2D eigenvalue weighted by atomic mass is 9.97. The number of carbonyl (C=O) groups excluding carboxylic acids is 1. The molecule has 1 aromatic rings. The lowest BCUT2D eigenvalue weighted by Crippen LogP contribution is -2.51. The summed E-state index contributed by atoms with van der Waals surface area (Å²) in [5, 5.41) is 11.1. The van der Waals surface area contributed by atoms with Crippen molar-refractivity contribution >= 4 is 44.9 Å². The van der Waals surface area contributed by atoms with Crippen LogP contribution in [0.5, 0.6) is 0 Å². The van der Waals surface area contributed by atoms with Crippen LogP contribution < -0.4 is 0 Å². The van der Waals surface area contributed by atoms with E-state index in [9.17, 15) is 18.4 Å². The molecule has 1 aliphatic heterocycles. The third-order valence-electron chi connectivity index (χ3n) is 4.01. The summed E-state index contributed by atoms with van der Waals surface area (Å²) in [4.78, 5) is 12.6. The SMILES string of the molecule is CC(C)C(C(N1CCc2cc(Cl)c(Cl)cc2C1)=S(=O)=O)N(O)C=O. The summed E-state index contributed by atoms with van der Waals surface area (Å²) in [6.45, 7) is 4.22. The molecular formula is C15H18Cl2N2O4S. The van der Waals surface area contributed by atoms with E-state index in [1.165, 1.54) is 0 Å². The Morgan fingerprint density at radius 1 is 1.29 bits per heavy atom. The second-order valence-electron chi connectivity index (χ2n) is 5.95. The number of hydrogen-bond acceptors (Lipinski definition) is 4. The molecule has 1 aliphatic rings. The van der Waals surface area contributed by atoms with Gasteiger partial charge in [0.05, 0.1) is 10.0 Å². The molecule has 1 amide bonds. The molecule has 24 heavy (non-hydrogen) atoms. The predicted molar refractivity (Wildman–Crippen MR) is 92.8 cm³/mol. The molecule has 0 spiro atoms. The molecule has 0 fully saturated rings. The van der Waals surface area contributed by atoms with Gasteiger partial charge < -0.3 is 0 Å². The number of hydrogen-bond donors (Lipinski definition) is 1. The Morgan fingerprint density at radius 2 is 1.88 bits per heavy atom. The quantitative estimate of drug-likeness (QED) is 0.367. The highest BCUT2D eigenvalue weighted by molar-refractivity contribution is 7.73. The Morgan fingerprint density at radius 3 is 2.38 bits per heavy atom. The van der Waals surface area contributed by atoms with E-state index in [1.807, 2.05) is 0 Å². The fourth-order valence-corrected chi connectivity index (χ4v) is 4.21. The molecule has 132 valence electrons. The van der Waals surface area contributed by atoms with Gasteiger partial charge in [-0.15, -0.1) is 0 Å². The largest absolute Gasteiger partial charge is 0.285 e. The van der Waals surface area contributed by atoms with Crippen molar-refractivity contribution in [2.45, 2.75) is 32.9 Å². The average molecular weight is 393 g/mol. The summed E-state index contributed by atoms with van der Waals surface area (Å²) in [7, 11) is -2.59. The van der Waals surface area contributed by atoms with Gasteiger partial charge in [0, 0.05) is 13.1 Å². The Labute approximate surface area is 152 Å². The Bertz CT molecular complexity index is 772. The van der Waals surface area contributed by atoms with E-state index >= 15 is 0 Å². The third kappa shape index (κ3) is 3.92. The van der Waals surface area contributed by atoms with Crippen molar-refractivity contribution in [2.24, 2.45) is 5.92 Å². The molecule has 0 saturated carbocycles. The van der Waals surface area contributed by atoms with E-state index in [4.69, 9.17) is 23.2 Å². The second kappa shape index (κ2) is 7.84. The molecule has 9 heteroatoms. The molecule has 0 saturated heterocycles. The first kappa shape index (κ1) is 19.2. The van der Waals surface area contributed by atoms with Gasteiger partial charge in [0.15, 0.2) is 0 Å². The molecule has 0 aromatic heterocycles.